The van der Waals surface area contributed by atoms with E-state index < -0.39 is 11.7 Å². The van der Waals surface area contributed by atoms with Crippen molar-refractivity contribution >= 4 is 5.97 Å². The van der Waals surface area contributed by atoms with Crippen molar-refractivity contribution in [3.05, 3.63) is 45.6 Å². The van der Waals surface area contributed by atoms with Crippen LogP contribution in [-0.4, -0.2) is 25.4 Å². The second-order valence-electron chi connectivity index (χ2n) is 5.08. The van der Waals surface area contributed by atoms with Gasteiger partial charge < -0.3 is 5.11 Å². The van der Waals surface area contributed by atoms with Crippen molar-refractivity contribution in [3.8, 4) is 5.69 Å². The van der Waals surface area contributed by atoms with Gasteiger partial charge in [-0.05, 0) is 44.9 Å². The maximum atomic E-state index is 12.4. The summed E-state index contributed by atoms with van der Waals surface area (Å²) in [6.07, 6.45) is 0. The van der Waals surface area contributed by atoms with Crippen LogP contribution in [0.4, 0.5) is 0 Å². The molecule has 2 aromatic rings. The van der Waals surface area contributed by atoms with Gasteiger partial charge in [0.1, 0.15) is 0 Å². The van der Waals surface area contributed by atoms with Gasteiger partial charge in [0, 0.05) is 6.04 Å². The Labute approximate surface area is 116 Å². The molecule has 1 aromatic carbocycles. The van der Waals surface area contributed by atoms with E-state index in [1.807, 2.05) is 32.0 Å². The monoisotopic (exact) mass is 275 g/mol. The third-order valence-electron chi connectivity index (χ3n) is 3.11. The van der Waals surface area contributed by atoms with Gasteiger partial charge in [-0.1, -0.05) is 12.1 Å². The minimum atomic E-state index is -1.21. The van der Waals surface area contributed by atoms with E-state index in [1.54, 1.807) is 13.8 Å². The molecule has 0 saturated heterocycles. The van der Waals surface area contributed by atoms with E-state index >= 15 is 0 Å². The molecule has 0 saturated carbocycles. The van der Waals surface area contributed by atoms with Crippen LogP contribution in [0.25, 0.3) is 5.69 Å². The van der Waals surface area contributed by atoms with Crippen LogP contribution in [0.3, 0.4) is 0 Å². The fourth-order valence-electron chi connectivity index (χ4n) is 2.09. The van der Waals surface area contributed by atoms with Crippen LogP contribution in [0.1, 0.15) is 41.6 Å². The number of carboxylic acid groups (broad SMARTS) is 1. The van der Waals surface area contributed by atoms with Gasteiger partial charge in [-0.3, -0.25) is 4.57 Å². The largest absolute Gasteiger partial charge is 0.475 e. The van der Waals surface area contributed by atoms with Gasteiger partial charge >= 0.3 is 11.7 Å². The number of carbonyl (C=O) groups is 1. The zero-order valence-corrected chi connectivity index (χ0v) is 11.9. The number of benzene rings is 1. The maximum Gasteiger partial charge on any atom is 0.374 e. The normalized spacial score (nSPS) is 11.1. The first kappa shape index (κ1) is 14.0. The summed E-state index contributed by atoms with van der Waals surface area (Å²) in [6.45, 7) is 7.27. The summed E-state index contributed by atoms with van der Waals surface area (Å²) < 4.78 is 2.34. The molecule has 1 N–H and O–H groups in total. The molecule has 1 heterocycles. The molecular weight excluding hydrogens is 258 g/mol. The van der Waals surface area contributed by atoms with Crippen molar-refractivity contribution in [3.63, 3.8) is 0 Å². The van der Waals surface area contributed by atoms with Crippen molar-refractivity contribution in [1.82, 2.24) is 14.3 Å². The topological polar surface area (TPSA) is 77.1 Å². The average molecular weight is 275 g/mol. The van der Waals surface area contributed by atoms with Gasteiger partial charge in [-0.2, -0.15) is 4.68 Å². The number of hydrogen-bond acceptors (Lipinski definition) is 3. The summed E-state index contributed by atoms with van der Waals surface area (Å²) in [5, 5.41) is 13.2. The molecule has 0 aliphatic carbocycles. The molecule has 0 radical (unpaired) electrons. The molecule has 0 aliphatic heterocycles. The van der Waals surface area contributed by atoms with E-state index in [0.29, 0.717) is 5.69 Å². The summed E-state index contributed by atoms with van der Waals surface area (Å²) in [6, 6.07) is 5.36. The van der Waals surface area contributed by atoms with Crippen LogP contribution >= 0.6 is 0 Å². The summed E-state index contributed by atoms with van der Waals surface area (Å²) in [4.78, 5) is 23.6. The molecule has 0 bridgehead atoms. The van der Waals surface area contributed by atoms with Crippen molar-refractivity contribution < 1.29 is 9.90 Å². The Balaban J connectivity index is 2.76. The minimum absolute atomic E-state index is 0.245. The van der Waals surface area contributed by atoms with E-state index in [9.17, 15) is 14.7 Å². The summed E-state index contributed by atoms with van der Waals surface area (Å²) >= 11 is 0. The molecule has 106 valence electrons. The Morgan fingerprint density at radius 1 is 1.30 bits per heavy atom. The van der Waals surface area contributed by atoms with E-state index in [-0.39, 0.29) is 11.9 Å². The lowest BCUT2D eigenvalue weighted by Gasteiger charge is -2.06. The molecule has 0 unspecified atom stereocenters. The average Bonchev–Trinajstić information content (AvgIpc) is 2.70. The first-order valence-electron chi connectivity index (χ1n) is 6.35. The molecule has 2 rings (SSSR count). The summed E-state index contributed by atoms with van der Waals surface area (Å²) in [5.41, 5.74) is 2.01. The lowest BCUT2D eigenvalue weighted by atomic mass is 10.1. The number of carboxylic acids is 1. The van der Waals surface area contributed by atoms with Crippen molar-refractivity contribution in [2.24, 2.45) is 0 Å². The number of rotatable bonds is 3. The number of hydrogen-bond donors (Lipinski definition) is 1. The predicted octanol–water partition coefficient (Wildman–Crippen LogP) is 1.93. The van der Waals surface area contributed by atoms with E-state index in [4.69, 9.17) is 0 Å². The Morgan fingerprint density at radius 2 is 1.95 bits per heavy atom. The van der Waals surface area contributed by atoms with Crippen LogP contribution in [0.5, 0.6) is 0 Å². The Bertz CT molecular complexity index is 726. The van der Waals surface area contributed by atoms with Gasteiger partial charge in [0.25, 0.3) is 0 Å². The molecule has 6 heteroatoms. The smallest absolute Gasteiger partial charge is 0.374 e. The molecule has 0 spiro atoms. The molecule has 0 aliphatic rings. The zero-order chi connectivity index (χ0) is 15.0. The third kappa shape index (κ3) is 2.24. The summed E-state index contributed by atoms with van der Waals surface area (Å²) in [7, 11) is 0. The number of aromatic carboxylic acids is 1. The number of nitrogens with zero attached hydrogens (tertiary/aromatic N) is 3. The van der Waals surface area contributed by atoms with Gasteiger partial charge in [-0.25, -0.2) is 9.59 Å². The number of aromatic nitrogens is 3. The van der Waals surface area contributed by atoms with Gasteiger partial charge in [0.05, 0.1) is 5.69 Å². The van der Waals surface area contributed by atoms with Crippen LogP contribution in [0.2, 0.25) is 0 Å². The Morgan fingerprint density at radius 3 is 2.45 bits per heavy atom. The standard InChI is InChI=1S/C14H17N3O3/c1-8(2)16-12(13(18)19)15-17(14(16)20)11-7-9(3)5-6-10(11)4/h5-8H,1-4H3,(H,18,19). The SMILES string of the molecule is Cc1ccc(C)c(-n2nc(C(=O)O)n(C(C)C)c2=O)c1. The van der Waals surface area contributed by atoms with Crippen LogP contribution < -0.4 is 5.69 Å². The van der Waals surface area contributed by atoms with Crippen molar-refractivity contribution in [2.45, 2.75) is 33.7 Å². The second-order valence-corrected chi connectivity index (χ2v) is 5.08. The van der Waals surface area contributed by atoms with E-state index in [2.05, 4.69) is 5.10 Å². The number of aryl methyl sites for hydroxylation is 2. The highest BCUT2D eigenvalue weighted by Gasteiger charge is 2.22. The lowest BCUT2D eigenvalue weighted by Crippen LogP contribution is -2.27. The van der Waals surface area contributed by atoms with E-state index in [1.165, 1.54) is 4.57 Å². The minimum Gasteiger partial charge on any atom is -0.475 e. The molecule has 20 heavy (non-hydrogen) atoms. The highest BCUT2D eigenvalue weighted by Crippen LogP contribution is 2.15. The van der Waals surface area contributed by atoms with Crippen LogP contribution in [-0.2, 0) is 0 Å². The quantitative estimate of drug-likeness (QED) is 0.928. The first-order chi connectivity index (χ1) is 9.32. The predicted molar refractivity (Wildman–Crippen MR) is 74.6 cm³/mol. The Hall–Kier alpha value is -2.37. The maximum absolute atomic E-state index is 12.4. The Kier molecular flexibility index (Phi) is 3.48. The molecule has 0 amide bonds. The van der Waals surface area contributed by atoms with Crippen molar-refractivity contribution in [1.29, 1.82) is 0 Å². The summed E-state index contributed by atoms with van der Waals surface area (Å²) in [5.74, 6) is -1.45. The van der Waals surface area contributed by atoms with Gasteiger partial charge in [0.15, 0.2) is 0 Å². The fourth-order valence-corrected chi connectivity index (χ4v) is 2.09. The van der Waals surface area contributed by atoms with Gasteiger partial charge in [0.2, 0.25) is 5.82 Å². The third-order valence-corrected chi connectivity index (χ3v) is 3.11. The highest BCUT2D eigenvalue weighted by molar-refractivity contribution is 5.83. The molecular formula is C14H17N3O3. The van der Waals surface area contributed by atoms with Gasteiger partial charge in [-0.15, -0.1) is 5.10 Å². The lowest BCUT2D eigenvalue weighted by molar-refractivity contribution is 0.0675. The first-order valence-corrected chi connectivity index (χ1v) is 6.35. The fraction of sp³-hybridized carbons (Fsp3) is 0.357. The zero-order valence-electron chi connectivity index (χ0n) is 11.9. The van der Waals surface area contributed by atoms with Crippen molar-refractivity contribution in [2.75, 3.05) is 0 Å². The molecule has 0 fully saturated rings. The highest BCUT2D eigenvalue weighted by atomic mass is 16.4. The molecule has 0 atom stereocenters. The molecule has 6 nitrogen and oxygen atoms in total. The van der Waals surface area contributed by atoms with Crippen LogP contribution in [0, 0.1) is 13.8 Å². The van der Waals surface area contributed by atoms with E-state index in [0.717, 1.165) is 15.8 Å². The second kappa shape index (κ2) is 4.96. The molecule has 1 aromatic heterocycles. The van der Waals surface area contributed by atoms with Crippen LogP contribution in [0.15, 0.2) is 23.0 Å².